The number of sulfonamides is 1. The van der Waals surface area contributed by atoms with Crippen LogP contribution in [0.25, 0.3) is 10.1 Å². The summed E-state index contributed by atoms with van der Waals surface area (Å²) < 4.78 is 33.9. The van der Waals surface area contributed by atoms with Gasteiger partial charge in [0.05, 0.1) is 13.7 Å². The average molecular weight is 573 g/mol. The van der Waals surface area contributed by atoms with Gasteiger partial charge in [0.2, 0.25) is 0 Å². The van der Waals surface area contributed by atoms with E-state index in [1.165, 1.54) is 16.3 Å². The van der Waals surface area contributed by atoms with Crippen molar-refractivity contribution >= 4 is 60.8 Å². The number of amides is 1. The van der Waals surface area contributed by atoms with Gasteiger partial charge in [0, 0.05) is 47.5 Å². The average Bonchev–Trinajstić information content (AvgIpc) is 3.36. The molecule has 1 amide bonds. The normalized spacial score (nSPS) is 16.2. The van der Waals surface area contributed by atoms with Crippen molar-refractivity contribution in [3.05, 3.63) is 64.7 Å². The Kier molecular flexibility index (Phi) is 8.08. The lowest BCUT2D eigenvalue weighted by Gasteiger charge is -2.39. The van der Waals surface area contributed by atoms with E-state index in [4.69, 9.17) is 28.2 Å². The van der Waals surface area contributed by atoms with Crippen LogP contribution in [0.15, 0.2) is 52.7 Å². The van der Waals surface area contributed by atoms with E-state index in [1.54, 1.807) is 60.5 Å². The summed E-state index contributed by atoms with van der Waals surface area (Å²) in [7, 11) is -1.04. The van der Waals surface area contributed by atoms with Crippen LogP contribution >= 0.6 is 22.9 Å². The number of ether oxygens (including phenoxy) is 1. The highest BCUT2D eigenvalue weighted by Gasteiger charge is 2.41. The van der Waals surface area contributed by atoms with Gasteiger partial charge in [0.1, 0.15) is 16.1 Å². The maximum absolute atomic E-state index is 13.5. The van der Waals surface area contributed by atoms with Crippen molar-refractivity contribution in [2.45, 2.75) is 10.3 Å². The van der Waals surface area contributed by atoms with Crippen LogP contribution in [0.5, 0.6) is 0 Å². The zero-order chi connectivity index (χ0) is 27.6. The highest BCUT2D eigenvalue weighted by molar-refractivity contribution is 7.91. The Bertz CT molecular complexity index is 1550. The van der Waals surface area contributed by atoms with Crippen LogP contribution in [0.2, 0.25) is 5.02 Å². The number of amidine groups is 1. The summed E-state index contributed by atoms with van der Waals surface area (Å²) in [5.41, 5.74) is 0.872. The minimum atomic E-state index is -3.93. The quantitative estimate of drug-likeness (QED) is 0.210. The molecule has 1 aliphatic rings. The minimum absolute atomic E-state index is 0.00295. The van der Waals surface area contributed by atoms with E-state index >= 15 is 0 Å². The minimum Gasteiger partial charge on any atom is -0.467 e. The van der Waals surface area contributed by atoms with Gasteiger partial charge in [-0.05, 0) is 35.7 Å². The van der Waals surface area contributed by atoms with Crippen molar-refractivity contribution in [1.29, 1.82) is 5.41 Å². The van der Waals surface area contributed by atoms with Crippen LogP contribution in [0, 0.1) is 17.8 Å². The molecule has 2 heterocycles. The molecule has 4 rings (SSSR count). The molecule has 0 aliphatic carbocycles. The number of piperazine rings is 1. The summed E-state index contributed by atoms with van der Waals surface area (Å²) >= 11 is 7.14. The number of hydrogen-bond acceptors (Lipinski definition) is 7. The van der Waals surface area contributed by atoms with Gasteiger partial charge in [0.25, 0.3) is 15.9 Å². The number of nitrogens with one attached hydrogen (secondary N) is 1. The lowest BCUT2D eigenvalue weighted by atomic mass is 10.1. The van der Waals surface area contributed by atoms with Gasteiger partial charge in [-0.3, -0.25) is 10.2 Å². The largest absolute Gasteiger partial charge is 0.467 e. The Labute approximate surface area is 230 Å². The summed E-state index contributed by atoms with van der Waals surface area (Å²) in [6.07, 6.45) is 5.31. The van der Waals surface area contributed by atoms with Crippen molar-refractivity contribution in [1.82, 2.24) is 14.1 Å². The number of nitrogens with zero attached hydrogens (tertiary/aromatic N) is 3. The number of benzene rings is 2. The Hall–Kier alpha value is -3.43. The first-order valence-electron chi connectivity index (χ1n) is 11.5. The fourth-order valence-corrected chi connectivity index (χ4v) is 7.43. The third-order valence-electron chi connectivity index (χ3n) is 6.25. The molecule has 3 aromatic rings. The zero-order valence-corrected chi connectivity index (χ0v) is 23.1. The fourth-order valence-electron chi connectivity index (χ4n) is 4.16. The number of rotatable bonds is 6. The van der Waals surface area contributed by atoms with E-state index in [0.29, 0.717) is 16.1 Å². The lowest BCUT2D eigenvalue weighted by molar-refractivity contribution is -0.147. The first kappa shape index (κ1) is 27.6. The van der Waals surface area contributed by atoms with Crippen LogP contribution in [-0.2, 0) is 19.6 Å². The van der Waals surface area contributed by atoms with E-state index in [9.17, 15) is 18.0 Å². The molecule has 2 aromatic carbocycles. The van der Waals surface area contributed by atoms with Crippen molar-refractivity contribution < 1.29 is 22.7 Å². The SMILES string of the molecule is C#CCN(C)C(=N)c1ccc(C(=O)N2CCN(S(=O)(=O)c3cc4ccc(Cl)cc4s3)CC2C(=O)OC)cc1. The number of fused-ring (bicyclic) bond motifs is 1. The van der Waals surface area contributed by atoms with E-state index in [1.807, 2.05) is 0 Å². The maximum atomic E-state index is 13.5. The molecular weight excluding hydrogens is 548 g/mol. The van der Waals surface area contributed by atoms with Crippen LogP contribution in [-0.4, -0.2) is 86.6 Å². The standard InChI is InChI=1S/C26H25ClN4O5S2/c1-4-11-29(2)24(28)17-5-7-18(8-6-17)25(32)31-13-12-30(16-21(31)26(33)36-3)38(34,35)23-14-19-9-10-20(27)15-22(19)37-23/h1,5-10,14-15,21,28H,11-13,16H2,2-3H3. The van der Waals surface area contributed by atoms with Crippen molar-refractivity contribution in [3.63, 3.8) is 0 Å². The van der Waals surface area contributed by atoms with Crippen molar-refractivity contribution in [2.24, 2.45) is 0 Å². The molecule has 0 saturated carbocycles. The molecule has 9 nitrogen and oxygen atoms in total. The van der Waals surface area contributed by atoms with E-state index in [-0.39, 0.29) is 36.2 Å². The fraction of sp³-hybridized carbons (Fsp3) is 0.269. The first-order chi connectivity index (χ1) is 18.1. The van der Waals surface area contributed by atoms with Gasteiger partial charge < -0.3 is 14.5 Å². The molecule has 38 heavy (non-hydrogen) atoms. The summed E-state index contributed by atoms with van der Waals surface area (Å²) in [5, 5.41) is 9.48. The molecule has 1 N–H and O–H groups in total. The maximum Gasteiger partial charge on any atom is 0.329 e. The topological polar surface area (TPSA) is 111 Å². The van der Waals surface area contributed by atoms with Gasteiger partial charge in [-0.25, -0.2) is 13.2 Å². The van der Waals surface area contributed by atoms with E-state index in [0.717, 1.165) is 21.4 Å². The van der Waals surface area contributed by atoms with Gasteiger partial charge in [-0.2, -0.15) is 4.31 Å². The smallest absolute Gasteiger partial charge is 0.329 e. The monoisotopic (exact) mass is 572 g/mol. The number of methoxy groups -OCH3 is 1. The molecule has 0 bridgehead atoms. The van der Waals surface area contributed by atoms with Crippen molar-refractivity contribution in [2.75, 3.05) is 40.3 Å². The molecule has 1 unspecified atom stereocenters. The Morgan fingerprint density at radius 2 is 1.87 bits per heavy atom. The highest BCUT2D eigenvalue weighted by atomic mass is 35.5. The van der Waals surface area contributed by atoms with Gasteiger partial charge in [-0.1, -0.05) is 35.7 Å². The molecule has 1 fully saturated rings. The molecular formula is C26H25ClN4O5S2. The summed E-state index contributed by atoms with van der Waals surface area (Å²) in [5.74, 6) is 1.53. The molecule has 198 valence electrons. The predicted octanol–water partition coefficient (Wildman–Crippen LogP) is 3.13. The number of thiophene rings is 1. The number of carbonyl (C=O) groups excluding carboxylic acids is 2. The van der Waals surface area contributed by atoms with Crippen molar-refractivity contribution in [3.8, 4) is 12.3 Å². The molecule has 0 spiro atoms. The molecule has 1 aromatic heterocycles. The molecule has 1 atom stereocenters. The number of esters is 1. The zero-order valence-electron chi connectivity index (χ0n) is 20.7. The van der Waals surface area contributed by atoms with Crippen LogP contribution in [0.4, 0.5) is 0 Å². The second kappa shape index (κ2) is 11.1. The molecule has 1 saturated heterocycles. The summed E-state index contributed by atoms with van der Waals surface area (Å²) in [6.45, 7) is 0.0331. The second-order valence-electron chi connectivity index (χ2n) is 8.63. The number of carbonyl (C=O) groups is 2. The van der Waals surface area contributed by atoms with Gasteiger partial charge in [-0.15, -0.1) is 17.8 Å². The summed E-state index contributed by atoms with van der Waals surface area (Å²) in [4.78, 5) is 29.0. The predicted molar refractivity (Wildman–Crippen MR) is 147 cm³/mol. The van der Waals surface area contributed by atoms with E-state index < -0.39 is 27.9 Å². The Balaban J connectivity index is 1.55. The van der Waals surface area contributed by atoms with Crippen LogP contribution in [0.1, 0.15) is 15.9 Å². The number of halogens is 1. The Morgan fingerprint density at radius 1 is 1.18 bits per heavy atom. The lowest BCUT2D eigenvalue weighted by Crippen LogP contribution is -2.59. The number of terminal acetylenes is 1. The third-order valence-corrected chi connectivity index (χ3v) is 9.89. The Morgan fingerprint density at radius 3 is 2.53 bits per heavy atom. The first-order valence-corrected chi connectivity index (χ1v) is 14.1. The molecule has 12 heteroatoms. The van der Waals surface area contributed by atoms with Gasteiger partial charge in [0.15, 0.2) is 0 Å². The number of hydrogen-bond donors (Lipinski definition) is 1. The third kappa shape index (κ3) is 5.39. The molecule has 0 radical (unpaired) electrons. The molecule has 1 aliphatic heterocycles. The van der Waals surface area contributed by atoms with E-state index in [2.05, 4.69) is 5.92 Å². The van der Waals surface area contributed by atoms with Crippen LogP contribution < -0.4 is 0 Å². The van der Waals surface area contributed by atoms with Gasteiger partial charge >= 0.3 is 5.97 Å². The highest BCUT2D eigenvalue weighted by Crippen LogP contribution is 2.33. The van der Waals surface area contributed by atoms with Crippen LogP contribution in [0.3, 0.4) is 0 Å². The second-order valence-corrected chi connectivity index (χ2v) is 12.3. The summed E-state index contributed by atoms with van der Waals surface area (Å²) in [6, 6.07) is 12.0.